The number of anilines is 2. The second-order valence-corrected chi connectivity index (χ2v) is 5.17. The highest BCUT2D eigenvalue weighted by atomic mass is 32.2. The minimum absolute atomic E-state index is 0.202. The minimum Gasteiger partial charge on any atom is -0.397 e. The van der Waals surface area contributed by atoms with E-state index in [-0.39, 0.29) is 18.0 Å². The molecule has 0 bridgehead atoms. The van der Waals surface area contributed by atoms with Gasteiger partial charge in [-0.25, -0.2) is 9.37 Å². The zero-order chi connectivity index (χ0) is 14.4. The summed E-state index contributed by atoms with van der Waals surface area (Å²) in [6.07, 6.45) is 1.85. The Balaban J connectivity index is 1.78. The first-order valence-corrected chi connectivity index (χ1v) is 7.02. The lowest BCUT2D eigenvalue weighted by molar-refractivity contribution is -0.115. The molecule has 104 valence electrons. The normalized spacial score (nSPS) is 10.2. The van der Waals surface area contributed by atoms with Crippen LogP contribution in [0.3, 0.4) is 0 Å². The van der Waals surface area contributed by atoms with Crippen LogP contribution in [0.5, 0.6) is 0 Å². The smallest absolute Gasteiger partial charge is 0.225 e. The van der Waals surface area contributed by atoms with E-state index in [2.05, 4.69) is 10.3 Å². The van der Waals surface area contributed by atoms with Crippen LogP contribution in [0.4, 0.5) is 15.8 Å². The van der Waals surface area contributed by atoms with Crippen LogP contribution in [0, 0.1) is 5.82 Å². The molecule has 0 atom stereocenters. The van der Waals surface area contributed by atoms with Crippen molar-refractivity contribution in [2.45, 2.75) is 11.4 Å². The van der Waals surface area contributed by atoms with E-state index in [1.807, 2.05) is 0 Å². The molecule has 0 spiro atoms. The van der Waals surface area contributed by atoms with Crippen molar-refractivity contribution < 1.29 is 9.18 Å². The fourth-order valence-corrected chi connectivity index (χ4v) is 2.29. The molecule has 1 aromatic heterocycles. The number of halogens is 1. The van der Waals surface area contributed by atoms with E-state index in [9.17, 15) is 9.18 Å². The summed E-state index contributed by atoms with van der Waals surface area (Å²) in [7, 11) is 0. The fraction of sp³-hybridized carbons (Fsp3) is 0.143. The summed E-state index contributed by atoms with van der Waals surface area (Å²) in [4.78, 5) is 15.8. The van der Waals surface area contributed by atoms with Crippen LogP contribution in [-0.4, -0.2) is 16.6 Å². The molecule has 2 rings (SSSR count). The van der Waals surface area contributed by atoms with E-state index >= 15 is 0 Å². The largest absolute Gasteiger partial charge is 0.397 e. The predicted octanol–water partition coefficient (Wildman–Crippen LogP) is 2.92. The van der Waals surface area contributed by atoms with Gasteiger partial charge >= 0.3 is 0 Å². The number of carbonyl (C=O) groups excluding carboxylic acids is 1. The zero-order valence-electron chi connectivity index (χ0n) is 10.7. The molecule has 4 nitrogen and oxygen atoms in total. The van der Waals surface area contributed by atoms with Gasteiger partial charge in [0, 0.05) is 12.2 Å². The average Bonchev–Trinajstić information content (AvgIpc) is 2.44. The molecule has 0 aliphatic heterocycles. The first-order valence-electron chi connectivity index (χ1n) is 6.04. The number of para-hydroxylation sites is 1. The number of nitrogens with two attached hydrogens (primary N) is 1. The summed E-state index contributed by atoms with van der Waals surface area (Å²) in [6.45, 7) is 0. The van der Waals surface area contributed by atoms with Gasteiger partial charge < -0.3 is 11.1 Å². The third-order valence-corrected chi connectivity index (χ3v) is 3.43. The number of nitrogens with zero attached hydrogens (tertiary/aromatic N) is 1. The highest BCUT2D eigenvalue weighted by Gasteiger charge is 2.06. The molecule has 1 aromatic carbocycles. The molecule has 1 amide bonds. The van der Waals surface area contributed by atoms with Gasteiger partial charge in [0.2, 0.25) is 5.91 Å². The van der Waals surface area contributed by atoms with Crippen LogP contribution in [0.1, 0.15) is 6.42 Å². The van der Waals surface area contributed by atoms with Crippen LogP contribution in [0.15, 0.2) is 47.6 Å². The van der Waals surface area contributed by atoms with Crippen molar-refractivity contribution in [3.05, 3.63) is 48.4 Å². The lowest BCUT2D eigenvalue weighted by atomic mass is 10.3. The Labute approximate surface area is 120 Å². The summed E-state index contributed by atoms with van der Waals surface area (Å²) in [6, 6.07) is 9.65. The Kier molecular flexibility index (Phi) is 4.95. The van der Waals surface area contributed by atoms with Gasteiger partial charge in [0.25, 0.3) is 0 Å². The zero-order valence-corrected chi connectivity index (χ0v) is 11.5. The second kappa shape index (κ2) is 6.91. The number of amides is 1. The van der Waals surface area contributed by atoms with Gasteiger partial charge in [-0.2, -0.15) is 0 Å². The Morgan fingerprint density at radius 3 is 2.80 bits per heavy atom. The Morgan fingerprint density at radius 2 is 2.10 bits per heavy atom. The predicted molar refractivity (Wildman–Crippen MR) is 79.0 cm³/mol. The van der Waals surface area contributed by atoms with Crippen LogP contribution in [-0.2, 0) is 4.79 Å². The standard InChI is InChI=1S/C14H14FN3OS/c15-11-3-1-2-4-12(11)18-13(19)7-8-20-14-6-5-10(16)9-17-14/h1-6,9H,7-8,16H2,(H,18,19). The Morgan fingerprint density at radius 1 is 1.30 bits per heavy atom. The molecular weight excluding hydrogens is 277 g/mol. The molecule has 0 radical (unpaired) electrons. The molecule has 0 saturated heterocycles. The third kappa shape index (κ3) is 4.24. The highest BCUT2D eigenvalue weighted by molar-refractivity contribution is 7.99. The maximum absolute atomic E-state index is 13.3. The second-order valence-electron chi connectivity index (χ2n) is 4.06. The third-order valence-electron chi connectivity index (χ3n) is 2.49. The van der Waals surface area contributed by atoms with Gasteiger partial charge in [-0.05, 0) is 24.3 Å². The van der Waals surface area contributed by atoms with Crippen LogP contribution in [0.25, 0.3) is 0 Å². The van der Waals surface area contributed by atoms with Gasteiger partial charge in [0.1, 0.15) is 5.82 Å². The number of nitrogens with one attached hydrogen (secondary N) is 1. The lowest BCUT2D eigenvalue weighted by Gasteiger charge is -2.06. The van der Waals surface area contributed by atoms with E-state index in [1.54, 1.807) is 30.5 Å². The Bertz CT molecular complexity index is 589. The highest BCUT2D eigenvalue weighted by Crippen LogP contribution is 2.18. The number of aromatic nitrogens is 1. The van der Waals surface area contributed by atoms with Gasteiger partial charge in [0.05, 0.1) is 22.6 Å². The first kappa shape index (κ1) is 14.3. The van der Waals surface area contributed by atoms with E-state index in [0.29, 0.717) is 11.4 Å². The molecule has 0 saturated carbocycles. The number of hydrogen-bond donors (Lipinski definition) is 2. The quantitative estimate of drug-likeness (QED) is 0.831. The molecule has 2 aromatic rings. The number of rotatable bonds is 5. The first-order chi connectivity index (χ1) is 9.65. The molecular formula is C14H14FN3OS. The summed E-state index contributed by atoms with van der Waals surface area (Å²) in [5, 5.41) is 3.34. The maximum Gasteiger partial charge on any atom is 0.225 e. The Hall–Kier alpha value is -2.08. The van der Waals surface area contributed by atoms with Crippen molar-refractivity contribution in [1.29, 1.82) is 0 Å². The molecule has 0 fully saturated rings. The lowest BCUT2D eigenvalue weighted by Crippen LogP contribution is -2.13. The average molecular weight is 291 g/mol. The molecule has 20 heavy (non-hydrogen) atoms. The van der Waals surface area contributed by atoms with Crippen molar-refractivity contribution in [2.24, 2.45) is 0 Å². The van der Waals surface area contributed by atoms with Gasteiger partial charge in [0.15, 0.2) is 0 Å². The van der Waals surface area contributed by atoms with Crippen molar-refractivity contribution in [3.8, 4) is 0 Å². The summed E-state index contributed by atoms with van der Waals surface area (Å²) in [5.41, 5.74) is 6.34. The molecule has 0 unspecified atom stereocenters. The van der Waals surface area contributed by atoms with Crippen LogP contribution < -0.4 is 11.1 Å². The number of carbonyl (C=O) groups is 1. The van der Waals surface area contributed by atoms with Crippen LogP contribution >= 0.6 is 11.8 Å². The molecule has 0 aliphatic carbocycles. The topological polar surface area (TPSA) is 68.0 Å². The van der Waals surface area contributed by atoms with E-state index < -0.39 is 5.82 Å². The van der Waals surface area contributed by atoms with Crippen LogP contribution in [0.2, 0.25) is 0 Å². The number of hydrogen-bond acceptors (Lipinski definition) is 4. The molecule has 3 N–H and O–H groups in total. The van der Waals surface area contributed by atoms with Crippen molar-refractivity contribution >= 4 is 29.0 Å². The number of pyridine rings is 1. The molecule has 1 heterocycles. The number of nitrogen functional groups attached to an aromatic ring is 1. The number of benzene rings is 1. The molecule has 6 heteroatoms. The maximum atomic E-state index is 13.3. The van der Waals surface area contributed by atoms with E-state index in [1.165, 1.54) is 23.9 Å². The summed E-state index contributed by atoms with van der Waals surface area (Å²) in [5.74, 6) is -0.0937. The minimum atomic E-state index is -0.436. The number of thioether (sulfide) groups is 1. The van der Waals surface area contributed by atoms with Crippen molar-refractivity contribution in [3.63, 3.8) is 0 Å². The van der Waals surface area contributed by atoms with Gasteiger partial charge in [-0.1, -0.05) is 12.1 Å². The van der Waals surface area contributed by atoms with Gasteiger partial charge in [-0.15, -0.1) is 11.8 Å². The van der Waals surface area contributed by atoms with Gasteiger partial charge in [-0.3, -0.25) is 4.79 Å². The van der Waals surface area contributed by atoms with E-state index in [4.69, 9.17) is 5.73 Å². The summed E-state index contributed by atoms with van der Waals surface area (Å²) < 4.78 is 13.3. The van der Waals surface area contributed by atoms with E-state index in [0.717, 1.165) is 5.03 Å². The summed E-state index contributed by atoms with van der Waals surface area (Å²) >= 11 is 1.45. The van der Waals surface area contributed by atoms with Crippen molar-refractivity contribution in [2.75, 3.05) is 16.8 Å². The monoisotopic (exact) mass is 291 g/mol. The molecule has 0 aliphatic rings. The SMILES string of the molecule is Nc1ccc(SCCC(=O)Nc2ccccc2F)nc1. The fourth-order valence-electron chi connectivity index (χ4n) is 1.50. The van der Waals surface area contributed by atoms with Crippen molar-refractivity contribution in [1.82, 2.24) is 4.98 Å².